The van der Waals surface area contributed by atoms with E-state index in [1.54, 1.807) is 0 Å². The van der Waals surface area contributed by atoms with Crippen molar-refractivity contribution >= 4 is 51.0 Å². The Labute approximate surface area is 92.0 Å². The summed E-state index contributed by atoms with van der Waals surface area (Å²) in [5, 5.41) is -0.979. The van der Waals surface area contributed by atoms with Crippen molar-refractivity contribution < 1.29 is 9.18 Å². The molecule has 0 aliphatic heterocycles. The van der Waals surface area contributed by atoms with Crippen LogP contribution in [0.25, 0.3) is 0 Å². The number of hydrogen-bond donors (Lipinski definition) is 0. The van der Waals surface area contributed by atoms with E-state index in [0.29, 0.717) is 3.57 Å². The van der Waals surface area contributed by atoms with Crippen LogP contribution in [0.5, 0.6) is 0 Å². The largest absolute Gasteiger partial charge is 0.276 e. The molecular formula is C7H2Cl2FIO. The average molecular weight is 319 g/mol. The summed E-state index contributed by atoms with van der Waals surface area (Å²) in [6.07, 6.45) is 0. The van der Waals surface area contributed by atoms with Crippen LogP contribution in [-0.4, -0.2) is 5.24 Å². The van der Waals surface area contributed by atoms with Gasteiger partial charge < -0.3 is 0 Å². The Morgan fingerprint density at radius 1 is 1.50 bits per heavy atom. The molecule has 0 spiro atoms. The van der Waals surface area contributed by atoms with Gasteiger partial charge in [0.25, 0.3) is 5.24 Å². The predicted octanol–water partition coefficient (Wildman–Crippen LogP) is 3.46. The van der Waals surface area contributed by atoms with Crippen LogP contribution in [0, 0.1) is 9.39 Å². The van der Waals surface area contributed by atoms with Gasteiger partial charge in [0.1, 0.15) is 5.82 Å². The predicted molar refractivity (Wildman–Crippen MR) is 54.3 cm³/mol. The minimum absolute atomic E-state index is 0.00253. The van der Waals surface area contributed by atoms with Gasteiger partial charge in [0.15, 0.2) is 0 Å². The van der Waals surface area contributed by atoms with E-state index in [0.717, 1.165) is 0 Å². The van der Waals surface area contributed by atoms with Crippen molar-refractivity contribution in [3.05, 3.63) is 32.1 Å². The number of carbonyl (C=O) groups is 1. The molecule has 0 N–H and O–H groups in total. The zero-order chi connectivity index (χ0) is 9.30. The molecule has 1 nitrogen and oxygen atoms in total. The standard InChI is InChI=1S/C7H2Cl2FIO/c8-6-4(7(9)12)1-3(11)2-5(6)10/h1-2H. The van der Waals surface area contributed by atoms with Gasteiger partial charge in [-0.25, -0.2) is 4.39 Å². The molecule has 0 heterocycles. The van der Waals surface area contributed by atoms with Gasteiger partial charge in [-0.1, -0.05) is 11.6 Å². The highest BCUT2D eigenvalue weighted by atomic mass is 127. The van der Waals surface area contributed by atoms with Crippen LogP contribution in [-0.2, 0) is 0 Å². The molecular weight excluding hydrogens is 317 g/mol. The minimum Gasteiger partial charge on any atom is -0.276 e. The second kappa shape index (κ2) is 3.89. The molecule has 5 heteroatoms. The van der Waals surface area contributed by atoms with Gasteiger partial charge in [-0.3, -0.25) is 4.79 Å². The monoisotopic (exact) mass is 318 g/mol. The van der Waals surface area contributed by atoms with E-state index in [1.165, 1.54) is 12.1 Å². The molecule has 0 radical (unpaired) electrons. The van der Waals surface area contributed by atoms with Gasteiger partial charge in [0, 0.05) is 3.57 Å². The summed E-state index contributed by atoms with van der Waals surface area (Å²) in [7, 11) is 0. The lowest BCUT2D eigenvalue weighted by Gasteiger charge is -2.00. The van der Waals surface area contributed by atoms with Crippen LogP contribution in [0.1, 0.15) is 10.4 Å². The van der Waals surface area contributed by atoms with E-state index in [4.69, 9.17) is 23.2 Å². The first kappa shape index (κ1) is 10.2. The van der Waals surface area contributed by atoms with Gasteiger partial charge in [-0.15, -0.1) is 0 Å². The molecule has 0 unspecified atom stereocenters. The Morgan fingerprint density at radius 3 is 2.58 bits per heavy atom. The van der Waals surface area contributed by atoms with Gasteiger partial charge in [0.2, 0.25) is 0 Å². The number of carbonyl (C=O) groups excluding carboxylic acids is 1. The normalized spacial score (nSPS) is 10.0. The summed E-state index contributed by atoms with van der Waals surface area (Å²) in [4.78, 5) is 10.7. The zero-order valence-electron chi connectivity index (χ0n) is 5.57. The van der Waals surface area contributed by atoms with Crippen LogP contribution < -0.4 is 0 Å². The molecule has 0 atom stereocenters. The highest BCUT2D eigenvalue weighted by Gasteiger charge is 2.12. The van der Waals surface area contributed by atoms with Crippen molar-refractivity contribution in [3.8, 4) is 0 Å². The van der Waals surface area contributed by atoms with Gasteiger partial charge in [0.05, 0.1) is 10.6 Å². The van der Waals surface area contributed by atoms with Crippen LogP contribution >= 0.6 is 45.8 Å². The molecule has 1 aromatic carbocycles. The third-order valence-electron chi connectivity index (χ3n) is 1.20. The lowest BCUT2D eigenvalue weighted by molar-refractivity contribution is 0.108. The second-order valence-electron chi connectivity index (χ2n) is 2.02. The van der Waals surface area contributed by atoms with E-state index < -0.39 is 11.1 Å². The Bertz CT molecular complexity index is 340. The summed E-state index contributed by atoms with van der Waals surface area (Å²) in [6, 6.07) is 2.66. The van der Waals surface area contributed by atoms with E-state index in [2.05, 4.69) is 0 Å². The van der Waals surface area contributed by atoms with Crippen LogP contribution in [0.3, 0.4) is 0 Å². The van der Waals surface area contributed by atoms with Crippen molar-refractivity contribution in [2.75, 3.05) is 0 Å². The third-order valence-corrected chi connectivity index (χ3v) is 2.42. The van der Waals surface area contributed by atoms with E-state index in [9.17, 15) is 9.18 Å². The van der Waals surface area contributed by atoms with Crippen molar-refractivity contribution in [2.45, 2.75) is 0 Å². The van der Waals surface area contributed by atoms with Crippen molar-refractivity contribution in [3.63, 3.8) is 0 Å². The highest BCUT2D eigenvalue weighted by Crippen LogP contribution is 2.24. The summed E-state index contributed by atoms with van der Waals surface area (Å²) in [6.45, 7) is 0. The van der Waals surface area contributed by atoms with Crippen molar-refractivity contribution in [1.29, 1.82) is 0 Å². The van der Waals surface area contributed by atoms with Crippen LogP contribution in [0.4, 0.5) is 4.39 Å². The third kappa shape index (κ3) is 2.08. The summed E-state index contributed by atoms with van der Waals surface area (Å²) in [5.41, 5.74) is 0.00253. The smallest absolute Gasteiger partial charge is 0.254 e. The van der Waals surface area contributed by atoms with E-state index in [-0.39, 0.29) is 10.6 Å². The Morgan fingerprint density at radius 2 is 2.08 bits per heavy atom. The number of halogens is 4. The first-order valence-electron chi connectivity index (χ1n) is 2.86. The maximum atomic E-state index is 12.9. The first-order valence-corrected chi connectivity index (χ1v) is 4.70. The van der Waals surface area contributed by atoms with Crippen molar-refractivity contribution in [2.24, 2.45) is 0 Å². The molecule has 0 aromatic heterocycles. The Kier molecular flexibility index (Phi) is 3.31. The van der Waals surface area contributed by atoms with Gasteiger partial charge >= 0.3 is 0 Å². The molecule has 0 aliphatic rings. The maximum Gasteiger partial charge on any atom is 0.254 e. The molecule has 64 valence electrons. The molecule has 0 saturated carbocycles. The fourth-order valence-electron chi connectivity index (χ4n) is 0.699. The second-order valence-corrected chi connectivity index (χ2v) is 3.99. The molecule has 0 aliphatic carbocycles. The molecule has 1 aromatic rings. The topological polar surface area (TPSA) is 17.1 Å². The molecule has 0 bridgehead atoms. The molecule has 1 rings (SSSR count). The van der Waals surface area contributed by atoms with Gasteiger partial charge in [-0.05, 0) is 46.3 Å². The van der Waals surface area contributed by atoms with E-state index >= 15 is 0 Å². The summed E-state index contributed by atoms with van der Waals surface area (Å²) >= 11 is 12.5. The minimum atomic E-state index is -0.752. The lowest BCUT2D eigenvalue weighted by Crippen LogP contribution is -1.94. The van der Waals surface area contributed by atoms with Gasteiger partial charge in [-0.2, -0.15) is 0 Å². The fourth-order valence-corrected chi connectivity index (χ4v) is 1.68. The quantitative estimate of drug-likeness (QED) is 0.440. The Balaban J connectivity index is 3.37. The van der Waals surface area contributed by atoms with Crippen LogP contribution in [0.15, 0.2) is 12.1 Å². The number of hydrogen-bond acceptors (Lipinski definition) is 1. The number of rotatable bonds is 1. The van der Waals surface area contributed by atoms with Crippen molar-refractivity contribution in [1.82, 2.24) is 0 Å². The zero-order valence-corrected chi connectivity index (χ0v) is 9.24. The fraction of sp³-hybridized carbons (Fsp3) is 0. The lowest BCUT2D eigenvalue weighted by atomic mass is 10.2. The summed E-state index contributed by atoms with van der Waals surface area (Å²) < 4.78 is 13.4. The maximum absolute atomic E-state index is 12.9. The SMILES string of the molecule is O=C(Cl)c1cc(I)cc(F)c1Cl. The Hall–Kier alpha value is 0.130. The highest BCUT2D eigenvalue weighted by molar-refractivity contribution is 14.1. The number of benzene rings is 1. The summed E-state index contributed by atoms with van der Waals surface area (Å²) in [5.74, 6) is -0.632. The first-order chi connectivity index (χ1) is 5.52. The van der Waals surface area contributed by atoms with E-state index in [1.807, 2.05) is 22.6 Å². The van der Waals surface area contributed by atoms with Crippen LogP contribution in [0.2, 0.25) is 5.02 Å². The average Bonchev–Trinajstić information content (AvgIpc) is 1.96. The molecule has 12 heavy (non-hydrogen) atoms. The molecule has 0 saturated heterocycles. The molecule has 0 amide bonds. The molecule has 0 fully saturated rings.